The second-order valence-electron chi connectivity index (χ2n) is 9.38. The van der Waals surface area contributed by atoms with Crippen molar-refractivity contribution in [3.8, 4) is 0 Å². The van der Waals surface area contributed by atoms with Crippen LogP contribution in [0.5, 0.6) is 0 Å². The Hall–Kier alpha value is -3.39. The molecular weight excluding hydrogens is 494 g/mol. The highest BCUT2D eigenvalue weighted by Gasteiger charge is 2.28. The maximum atomic E-state index is 13.2. The average molecular weight is 536 g/mol. The van der Waals surface area contributed by atoms with E-state index in [-0.39, 0.29) is 12.3 Å². The Morgan fingerprint density at radius 2 is 1.61 bits per heavy atom. The van der Waals surface area contributed by atoms with E-state index in [0.29, 0.717) is 95.8 Å². The van der Waals surface area contributed by atoms with Gasteiger partial charge in [-0.05, 0) is 77.3 Å². The third kappa shape index (κ3) is 10.9. The Morgan fingerprint density at radius 1 is 0.895 bits per heavy atom. The van der Waals surface area contributed by atoms with Crippen molar-refractivity contribution in [1.29, 1.82) is 0 Å². The molecule has 1 aromatic rings. The first-order valence-electron chi connectivity index (χ1n) is 13.3. The molecule has 2 bridgehead atoms. The van der Waals surface area contributed by atoms with Gasteiger partial charge in [0.15, 0.2) is 0 Å². The van der Waals surface area contributed by atoms with Gasteiger partial charge in [-0.2, -0.15) is 4.68 Å². The summed E-state index contributed by atoms with van der Waals surface area (Å²) < 4.78 is 1.01. The predicted molar refractivity (Wildman–Crippen MR) is 139 cm³/mol. The van der Waals surface area contributed by atoms with E-state index in [2.05, 4.69) is 31.6 Å². The molecule has 0 aliphatic carbocycles. The number of hydrogen-bond donors (Lipinski definition) is 6. The number of nitrogens with one attached hydrogen (secondary N) is 4. The smallest absolute Gasteiger partial charge is 0.344 e. The highest BCUT2D eigenvalue weighted by atomic mass is 16.2. The van der Waals surface area contributed by atoms with Gasteiger partial charge in [0.25, 0.3) is 0 Å². The van der Waals surface area contributed by atoms with Gasteiger partial charge in [0.2, 0.25) is 17.7 Å². The maximum Gasteiger partial charge on any atom is 0.344 e. The molecule has 1 aliphatic rings. The topological polar surface area (TPSA) is 216 Å². The molecule has 8 N–H and O–H groups in total. The number of hydrogen-bond acceptors (Lipinski definition) is 9. The number of aryl methyl sites for hydroxylation is 1. The van der Waals surface area contributed by atoms with Crippen molar-refractivity contribution < 1.29 is 24.0 Å². The van der Waals surface area contributed by atoms with E-state index >= 15 is 0 Å². The number of unbranched alkanes of at least 4 members (excludes halogenated alkanes) is 1. The highest BCUT2D eigenvalue weighted by molar-refractivity contribution is 5.92. The first-order valence-corrected chi connectivity index (χ1v) is 13.3. The van der Waals surface area contributed by atoms with Crippen LogP contribution in [0.3, 0.4) is 0 Å². The Bertz CT molecular complexity index is 923. The van der Waals surface area contributed by atoms with Crippen molar-refractivity contribution in [2.75, 3.05) is 19.6 Å². The Balaban J connectivity index is 2.23. The van der Waals surface area contributed by atoms with Crippen LogP contribution in [0.1, 0.15) is 69.9 Å². The van der Waals surface area contributed by atoms with Crippen LogP contribution in [0.25, 0.3) is 0 Å². The molecule has 38 heavy (non-hydrogen) atoms. The molecule has 0 saturated carbocycles. The quantitative estimate of drug-likeness (QED) is 0.175. The molecule has 212 valence electrons. The average Bonchev–Trinajstić information content (AvgIpc) is 3.38. The van der Waals surface area contributed by atoms with Crippen LogP contribution in [0.15, 0.2) is 6.20 Å². The van der Waals surface area contributed by atoms with Crippen LogP contribution < -0.4 is 32.7 Å². The minimum atomic E-state index is -0.949. The monoisotopic (exact) mass is 535 g/mol. The van der Waals surface area contributed by atoms with Crippen LogP contribution in [0, 0.1) is 0 Å². The van der Waals surface area contributed by atoms with Gasteiger partial charge in [0, 0.05) is 13.0 Å². The number of nitrogens with two attached hydrogens (primary N) is 2. The van der Waals surface area contributed by atoms with Gasteiger partial charge in [0.1, 0.15) is 18.4 Å². The molecule has 4 amide bonds. The van der Waals surface area contributed by atoms with E-state index in [1.54, 1.807) is 0 Å². The normalized spacial score (nSPS) is 22.8. The molecule has 0 unspecified atom stereocenters. The minimum Gasteiger partial charge on any atom is -0.356 e. The van der Waals surface area contributed by atoms with E-state index in [1.807, 2.05) is 0 Å². The summed E-state index contributed by atoms with van der Waals surface area (Å²) in [6.45, 7) is 1.20. The van der Waals surface area contributed by atoms with E-state index in [1.165, 1.54) is 6.20 Å². The lowest BCUT2D eigenvalue weighted by Gasteiger charge is -2.24. The lowest BCUT2D eigenvalue weighted by atomic mass is 10.1. The molecule has 0 radical (unpaired) electrons. The fourth-order valence-corrected chi connectivity index (χ4v) is 4.05. The van der Waals surface area contributed by atoms with Gasteiger partial charge in [-0.25, -0.2) is 4.79 Å². The summed E-state index contributed by atoms with van der Waals surface area (Å²) >= 11 is 0. The molecular formula is C24H41N9O5. The fraction of sp³-hybridized carbons (Fsp3) is 0.708. The molecule has 0 aromatic carbocycles. The van der Waals surface area contributed by atoms with E-state index in [4.69, 9.17) is 11.5 Å². The first kappa shape index (κ1) is 30.8. The SMILES string of the molecule is NCCCC[C@@H]1NC(=O)n2cc(nn2)CCCC(=O)NCCCC[C@@H](C=O)NC(=O)[C@H](CCCN)NC1=O. The molecule has 2 heterocycles. The third-order valence-electron chi connectivity index (χ3n) is 6.23. The molecule has 0 fully saturated rings. The Labute approximate surface area is 222 Å². The fourth-order valence-electron chi connectivity index (χ4n) is 4.05. The molecule has 0 spiro atoms. The van der Waals surface area contributed by atoms with Crippen molar-refractivity contribution in [2.45, 2.75) is 88.8 Å². The van der Waals surface area contributed by atoms with E-state index in [0.717, 1.165) is 4.68 Å². The van der Waals surface area contributed by atoms with Crippen LogP contribution >= 0.6 is 0 Å². The van der Waals surface area contributed by atoms with Crippen molar-refractivity contribution in [3.05, 3.63) is 11.9 Å². The van der Waals surface area contributed by atoms with Crippen LogP contribution in [0.4, 0.5) is 4.79 Å². The number of aromatic nitrogens is 3. The van der Waals surface area contributed by atoms with Gasteiger partial charge in [0.05, 0.1) is 17.9 Å². The number of rotatable bonds is 8. The van der Waals surface area contributed by atoms with E-state index in [9.17, 15) is 24.0 Å². The second-order valence-corrected chi connectivity index (χ2v) is 9.38. The van der Waals surface area contributed by atoms with Gasteiger partial charge >= 0.3 is 6.03 Å². The van der Waals surface area contributed by atoms with Crippen LogP contribution in [0.2, 0.25) is 0 Å². The van der Waals surface area contributed by atoms with E-state index < -0.39 is 36.0 Å². The Morgan fingerprint density at radius 3 is 2.34 bits per heavy atom. The van der Waals surface area contributed by atoms with Crippen LogP contribution in [-0.4, -0.2) is 82.8 Å². The Kier molecular flexibility index (Phi) is 13.9. The standard InChI is InChI=1S/C24H41N9O5/c25-12-3-1-9-20-23(37)29-19(10-6-13-26)22(36)28-18(16-34)7-2-4-14-27-21(35)11-5-8-17-15-33(32-31-17)24(38)30-20/h15-16,18-20H,1-14,25-26H2,(H,27,35)(H,28,36)(H,29,37)(H,30,38)/t18-,19-,20-/m0/s1. The summed E-state index contributed by atoms with van der Waals surface area (Å²) in [4.78, 5) is 62.7. The zero-order valence-electron chi connectivity index (χ0n) is 21.8. The number of fused-ring (bicyclic) bond motifs is 2. The molecule has 1 aliphatic heterocycles. The van der Waals surface area contributed by atoms with Crippen molar-refractivity contribution in [1.82, 2.24) is 36.3 Å². The number of aldehydes is 1. The zero-order valence-corrected chi connectivity index (χ0v) is 21.8. The summed E-state index contributed by atoms with van der Waals surface area (Å²) in [6.07, 6.45) is 7.31. The largest absolute Gasteiger partial charge is 0.356 e. The first-order chi connectivity index (χ1) is 18.4. The summed E-state index contributed by atoms with van der Waals surface area (Å²) in [6, 6.07) is -3.27. The lowest BCUT2D eigenvalue weighted by molar-refractivity contribution is -0.131. The number of amides is 4. The predicted octanol–water partition coefficient (Wildman–Crippen LogP) is -1.14. The van der Waals surface area contributed by atoms with Gasteiger partial charge < -0.3 is 37.5 Å². The zero-order chi connectivity index (χ0) is 27.8. The van der Waals surface area contributed by atoms with Gasteiger partial charge in [-0.1, -0.05) is 5.21 Å². The maximum absolute atomic E-state index is 13.2. The molecule has 14 heteroatoms. The summed E-state index contributed by atoms with van der Waals surface area (Å²) in [5.41, 5.74) is 11.8. The summed E-state index contributed by atoms with van der Waals surface area (Å²) in [5, 5.41) is 18.7. The van der Waals surface area contributed by atoms with Gasteiger partial charge in [-0.3, -0.25) is 14.4 Å². The van der Waals surface area contributed by atoms with Crippen molar-refractivity contribution in [2.24, 2.45) is 11.5 Å². The number of nitrogens with zero attached hydrogens (tertiary/aromatic N) is 3. The molecule has 2 rings (SSSR count). The van der Waals surface area contributed by atoms with Gasteiger partial charge in [-0.15, -0.1) is 5.10 Å². The lowest BCUT2D eigenvalue weighted by Crippen LogP contribution is -2.55. The van der Waals surface area contributed by atoms with Crippen LogP contribution in [-0.2, 0) is 25.6 Å². The summed E-state index contributed by atoms with van der Waals surface area (Å²) in [5.74, 6) is -1.14. The summed E-state index contributed by atoms with van der Waals surface area (Å²) in [7, 11) is 0. The van der Waals surface area contributed by atoms with Crippen molar-refractivity contribution >= 4 is 30.0 Å². The number of carbonyl (C=O) groups excluding carboxylic acids is 5. The molecule has 1 aromatic heterocycles. The molecule has 3 atom stereocenters. The minimum absolute atomic E-state index is 0.103. The molecule has 14 nitrogen and oxygen atoms in total. The third-order valence-corrected chi connectivity index (χ3v) is 6.23. The van der Waals surface area contributed by atoms with Crippen molar-refractivity contribution in [3.63, 3.8) is 0 Å². The highest BCUT2D eigenvalue weighted by Crippen LogP contribution is 2.07. The number of carbonyl (C=O) groups is 5. The molecule has 0 saturated heterocycles. The second kappa shape index (κ2) is 17.2.